The predicted molar refractivity (Wildman–Crippen MR) is 75.5 cm³/mol. The molecule has 96 valence electrons. The quantitative estimate of drug-likeness (QED) is 0.876. The van der Waals surface area contributed by atoms with Gasteiger partial charge in [-0.1, -0.05) is 18.2 Å². The van der Waals surface area contributed by atoms with Crippen LogP contribution in [0.25, 0.3) is 0 Å². The molecule has 0 spiro atoms. The van der Waals surface area contributed by atoms with Gasteiger partial charge in [0.1, 0.15) is 17.9 Å². The number of nitrogens with zero attached hydrogens (tertiary/aromatic N) is 4. The summed E-state index contributed by atoms with van der Waals surface area (Å²) in [7, 11) is 1.65. The topological polar surface area (TPSA) is 70.7 Å². The average molecular weight is 255 g/mol. The standard InChI is InChI=1S/C13H13N5O/c1-19-10-5-3-2-4-9(10)6-14-12-11-13(16-7-15-11)18-8-17-12/h2-5,7-8,11H,6H2,1H3,(H,14,15,16,17,18). The second kappa shape index (κ2) is 5.01. The van der Waals surface area contributed by atoms with E-state index in [4.69, 9.17) is 4.74 Å². The van der Waals surface area contributed by atoms with Gasteiger partial charge in [0.2, 0.25) is 0 Å². The molecular formula is C13H13N5O. The Bertz CT molecular complexity index is 603. The molecule has 0 aliphatic carbocycles. The molecule has 0 bridgehead atoms. The molecule has 0 aromatic heterocycles. The monoisotopic (exact) mass is 255 g/mol. The molecule has 1 aromatic rings. The van der Waals surface area contributed by atoms with Crippen molar-refractivity contribution in [3.8, 4) is 5.75 Å². The highest BCUT2D eigenvalue weighted by Gasteiger charge is 2.26. The molecule has 0 saturated carbocycles. The van der Waals surface area contributed by atoms with Crippen LogP contribution in [0.2, 0.25) is 0 Å². The van der Waals surface area contributed by atoms with E-state index in [2.05, 4.69) is 25.3 Å². The Hall–Kier alpha value is -2.50. The summed E-state index contributed by atoms with van der Waals surface area (Å²) in [4.78, 5) is 17.1. The first-order valence-corrected chi connectivity index (χ1v) is 5.93. The molecule has 19 heavy (non-hydrogen) atoms. The van der Waals surface area contributed by atoms with Crippen molar-refractivity contribution in [2.24, 2.45) is 20.0 Å². The SMILES string of the molecule is COc1ccccc1CN=C1N=CNC2=NC=NC12. The third-order valence-electron chi connectivity index (χ3n) is 2.93. The molecule has 1 aromatic carbocycles. The van der Waals surface area contributed by atoms with Gasteiger partial charge >= 0.3 is 0 Å². The van der Waals surface area contributed by atoms with E-state index in [0.29, 0.717) is 12.4 Å². The second-order valence-corrected chi connectivity index (χ2v) is 4.07. The summed E-state index contributed by atoms with van der Waals surface area (Å²) >= 11 is 0. The van der Waals surface area contributed by atoms with Crippen LogP contribution in [0.1, 0.15) is 5.56 Å². The number of hydrogen-bond donors (Lipinski definition) is 1. The summed E-state index contributed by atoms with van der Waals surface area (Å²) in [6.45, 7) is 0.510. The van der Waals surface area contributed by atoms with Gasteiger partial charge in [0.05, 0.1) is 20.0 Å². The normalized spacial score (nSPS) is 22.1. The third-order valence-corrected chi connectivity index (χ3v) is 2.93. The summed E-state index contributed by atoms with van der Waals surface area (Å²) in [6.07, 6.45) is 3.12. The lowest BCUT2D eigenvalue weighted by molar-refractivity contribution is 0.410. The molecular weight excluding hydrogens is 242 g/mol. The highest BCUT2D eigenvalue weighted by Crippen LogP contribution is 2.18. The zero-order chi connectivity index (χ0) is 13.1. The fourth-order valence-electron chi connectivity index (χ4n) is 1.97. The van der Waals surface area contributed by atoms with Gasteiger partial charge in [-0.3, -0.25) is 9.98 Å². The van der Waals surface area contributed by atoms with Crippen LogP contribution in [0.4, 0.5) is 0 Å². The molecule has 0 radical (unpaired) electrons. The number of hydrogen-bond acceptors (Lipinski definition) is 5. The average Bonchev–Trinajstić information content (AvgIpc) is 2.94. The summed E-state index contributed by atoms with van der Waals surface area (Å²) in [6, 6.07) is 7.61. The lowest BCUT2D eigenvalue weighted by Crippen LogP contribution is -2.40. The van der Waals surface area contributed by atoms with Gasteiger partial charge in [0, 0.05) is 5.56 Å². The Labute approximate surface area is 110 Å². The number of aliphatic imine (C=N–C) groups is 4. The molecule has 2 aliphatic rings. The summed E-state index contributed by atoms with van der Waals surface area (Å²) < 4.78 is 5.30. The first-order chi connectivity index (χ1) is 9.38. The number of ether oxygens (including phenoxy) is 1. The molecule has 3 rings (SSSR count). The molecule has 1 N–H and O–H groups in total. The largest absolute Gasteiger partial charge is 0.496 e. The van der Waals surface area contributed by atoms with Crippen molar-refractivity contribution in [1.82, 2.24) is 5.32 Å². The van der Waals surface area contributed by atoms with E-state index < -0.39 is 0 Å². The highest BCUT2D eigenvalue weighted by atomic mass is 16.5. The van der Waals surface area contributed by atoms with Gasteiger partial charge in [0.15, 0.2) is 11.9 Å². The van der Waals surface area contributed by atoms with E-state index in [1.165, 1.54) is 6.34 Å². The van der Waals surface area contributed by atoms with E-state index in [-0.39, 0.29) is 6.04 Å². The molecule has 0 saturated heterocycles. The van der Waals surface area contributed by atoms with E-state index in [1.807, 2.05) is 24.3 Å². The van der Waals surface area contributed by atoms with Gasteiger partial charge < -0.3 is 10.1 Å². The molecule has 6 nitrogen and oxygen atoms in total. The van der Waals surface area contributed by atoms with Gasteiger partial charge in [-0.15, -0.1) is 0 Å². The van der Waals surface area contributed by atoms with Crippen LogP contribution in [-0.2, 0) is 6.54 Å². The highest BCUT2D eigenvalue weighted by molar-refractivity contribution is 6.21. The van der Waals surface area contributed by atoms with Crippen LogP contribution in [-0.4, -0.2) is 37.5 Å². The summed E-state index contributed by atoms with van der Waals surface area (Å²) in [5.41, 5.74) is 1.02. The Morgan fingerprint density at radius 1 is 1.37 bits per heavy atom. The number of fused-ring (bicyclic) bond motifs is 1. The summed E-state index contributed by atoms with van der Waals surface area (Å²) in [5.74, 6) is 2.26. The first kappa shape index (κ1) is 11.6. The van der Waals surface area contributed by atoms with E-state index in [0.717, 1.165) is 17.1 Å². The molecule has 1 atom stereocenters. The Balaban J connectivity index is 1.82. The minimum Gasteiger partial charge on any atom is -0.496 e. The second-order valence-electron chi connectivity index (χ2n) is 4.07. The van der Waals surface area contributed by atoms with Crippen LogP contribution < -0.4 is 10.1 Å². The van der Waals surface area contributed by atoms with Crippen molar-refractivity contribution in [3.63, 3.8) is 0 Å². The number of nitrogens with one attached hydrogen (secondary N) is 1. The smallest absolute Gasteiger partial charge is 0.168 e. The molecule has 2 heterocycles. The molecule has 6 heteroatoms. The van der Waals surface area contributed by atoms with E-state index >= 15 is 0 Å². The Kier molecular flexibility index (Phi) is 3.06. The van der Waals surface area contributed by atoms with Crippen LogP contribution in [0.3, 0.4) is 0 Å². The van der Waals surface area contributed by atoms with Crippen LogP contribution >= 0.6 is 0 Å². The fourth-order valence-corrected chi connectivity index (χ4v) is 1.97. The molecule has 0 fully saturated rings. The summed E-state index contributed by atoms with van der Waals surface area (Å²) in [5, 5.41) is 2.96. The maximum Gasteiger partial charge on any atom is 0.168 e. The number of benzene rings is 1. The van der Waals surface area contributed by atoms with Gasteiger partial charge in [-0.2, -0.15) is 0 Å². The van der Waals surface area contributed by atoms with Crippen molar-refractivity contribution < 1.29 is 4.74 Å². The van der Waals surface area contributed by atoms with E-state index in [1.54, 1.807) is 13.4 Å². The van der Waals surface area contributed by atoms with Crippen molar-refractivity contribution in [2.75, 3.05) is 7.11 Å². The van der Waals surface area contributed by atoms with Crippen LogP contribution in [0, 0.1) is 0 Å². The predicted octanol–water partition coefficient (Wildman–Crippen LogP) is 1.03. The van der Waals surface area contributed by atoms with Crippen LogP contribution in [0.15, 0.2) is 44.2 Å². The van der Waals surface area contributed by atoms with E-state index in [9.17, 15) is 0 Å². The lowest BCUT2D eigenvalue weighted by atomic mass is 10.2. The molecule has 1 unspecified atom stereocenters. The maximum absolute atomic E-state index is 5.30. The minimum atomic E-state index is -0.195. The zero-order valence-electron chi connectivity index (χ0n) is 10.4. The maximum atomic E-state index is 5.30. The van der Waals surface area contributed by atoms with Gasteiger partial charge in [0.25, 0.3) is 0 Å². The molecule has 2 aliphatic heterocycles. The number of para-hydroxylation sites is 1. The van der Waals surface area contributed by atoms with Gasteiger partial charge in [-0.05, 0) is 6.07 Å². The van der Waals surface area contributed by atoms with Crippen molar-refractivity contribution in [1.29, 1.82) is 0 Å². The lowest BCUT2D eigenvalue weighted by Gasteiger charge is -2.15. The van der Waals surface area contributed by atoms with Gasteiger partial charge in [-0.25, -0.2) is 9.98 Å². The fraction of sp³-hybridized carbons (Fsp3) is 0.231. The van der Waals surface area contributed by atoms with Crippen LogP contribution in [0.5, 0.6) is 5.75 Å². The number of amidine groups is 2. The number of methoxy groups -OCH3 is 1. The Morgan fingerprint density at radius 3 is 3.16 bits per heavy atom. The first-order valence-electron chi connectivity index (χ1n) is 5.93. The molecule has 0 amide bonds. The zero-order valence-corrected chi connectivity index (χ0v) is 10.4. The third kappa shape index (κ3) is 2.24. The van der Waals surface area contributed by atoms with Crippen molar-refractivity contribution in [3.05, 3.63) is 29.8 Å². The number of rotatable bonds is 3. The Morgan fingerprint density at radius 2 is 2.26 bits per heavy atom. The minimum absolute atomic E-state index is 0.195. The van der Waals surface area contributed by atoms with Crippen molar-refractivity contribution >= 4 is 24.3 Å². The van der Waals surface area contributed by atoms with Crippen molar-refractivity contribution in [2.45, 2.75) is 12.6 Å².